The summed E-state index contributed by atoms with van der Waals surface area (Å²) in [6.07, 6.45) is 5.89. The lowest BCUT2D eigenvalue weighted by Gasteiger charge is -2.54. The summed E-state index contributed by atoms with van der Waals surface area (Å²) >= 11 is 0. The summed E-state index contributed by atoms with van der Waals surface area (Å²) in [6.45, 7) is 2.18. The Balaban J connectivity index is 1.99. The molecule has 2 saturated carbocycles. The summed E-state index contributed by atoms with van der Waals surface area (Å²) < 4.78 is 0. The lowest BCUT2D eigenvalue weighted by Crippen LogP contribution is -2.53. The Morgan fingerprint density at radius 3 is 2.67 bits per heavy atom. The van der Waals surface area contributed by atoms with Crippen LogP contribution in [0.5, 0.6) is 0 Å². The van der Waals surface area contributed by atoms with Crippen molar-refractivity contribution in [1.29, 1.82) is 0 Å². The number of aliphatic hydroxyl groups is 2. The van der Waals surface area contributed by atoms with Crippen LogP contribution in [0.25, 0.3) is 0 Å². The molecule has 0 heterocycles. The molecule has 0 unspecified atom stereocenters. The van der Waals surface area contributed by atoms with Gasteiger partial charge in [-0.15, -0.1) is 0 Å². The number of hydrogen-bond acceptors (Lipinski definition) is 3. The van der Waals surface area contributed by atoms with Gasteiger partial charge < -0.3 is 10.2 Å². The third-order valence-electron chi connectivity index (χ3n) is 5.57. The molecule has 0 bridgehead atoms. The van der Waals surface area contributed by atoms with Gasteiger partial charge >= 0.3 is 0 Å². The van der Waals surface area contributed by atoms with Crippen LogP contribution < -0.4 is 0 Å². The van der Waals surface area contributed by atoms with E-state index < -0.39 is 0 Å². The summed E-state index contributed by atoms with van der Waals surface area (Å²) in [5.41, 5.74) is 1.14. The Morgan fingerprint density at radius 1 is 1.17 bits per heavy atom. The van der Waals surface area contributed by atoms with Crippen molar-refractivity contribution in [1.82, 2.24) is 0 Å². The highest BCUT2D eigenvalue weighted by Crippen LogP contribution is 2.56. The summed E-state index contributed by atoms with van der Waals surface area (Å²) in [5, 5.41) is 20.6. The van der Waals surface area contributed by atoms with E-state index in [4.69, 9.17) is 0 Å². The Hall–Kier alpha value is -0.670. The van der Waals surface area contributed by atoms with Crippen molar-refractivity contribution in [3.63, 3.8) is 0 Å². The number of hydrogen-bond donors (Lipinski definition) is 2. The fourth-order valence-corrected chi connectivity index (χ4v) is 4.56. The molecule has 3 nitrogen and oxygen atoms in total. The van der Waals surface area contributed by atoms with Gasteiger partial charge in [-0.05, 0) is 55.4 Å². The number of fused-ring (bicyclic) bond motifs is 3. The normalized spacial score (nSPS) is 48.2. The van der Waals surface area contributed by atoms with Gasteiger partial charge in [-0.2, -0.15) is 0 Å². The largest absolute Gasteiger partial charge is 0.393 e. The van der Waals surface area contributed by atoms with E-state index in [-0.39, 0.29) is 35.2 Å². The predicted octanol–water partition coefficient (Wildman–Crippen LogP) is 1.82. The van der Waals surface area contributed by atoms with E-state index in [2.05, 4.69) is 6.92 Å². The van der Waals surface area contributed by atoms with E-state index >= 15 is 0 Å². The number of carbonyl (C=O) groups excluding carboxylic acids is 1. The van der Waals surface area contributed by atoms with Crippen LogP contribution in [0.3, 0.4) is 0 Å². The van der Waals surface area contributed by atoms with Crippen molar-refractivity contribution in [3.8, 4) is 0 Å². The van der Waals surface area contributed by atoms with E-state index in [1.165, 1.54) is 5.57 Å². The minimum absolute atomic E-state index is 0.0718. The highest BCUT2D eigenvalue weighted by molar-refractivity contribution is 5.91. The van der Waals surface area contributed by atoms with Crippen molar-refractivity contribution >= 4 is 5.78 Å². The van der Waals surface area contributed by atoms with Gasteiger partial charge in [0.05, 0.1) is 12.2 Å². The van der Waals surface area contributed by atoms with Crippen molar-refractivity contribution < 1.29 is 15.0 Å². The molecule has 0 radical (unpaired) electrons. The maximum atomic E-state index is 11.6. The molecular weight excluding hydrogens is 228 g/mol. The average Bonchev–Trinajstić information content (AvgIpc) is 2.34. The predicted molar refractivity (Wildman–Crippen MR) is 67.9 cm³/mol. The first kappa shape index (κ1) is 12.4. The summed E-state index contributed by atoms with van der Waals surface area (Å²) in [5.74, 6) is 0.574. The van der Waals surface area contributed by atoms with E-state index in [9.17, 15) is 15.0 Å². The molecule has 0 spiro atoms. The Morgan fingerprint density at radius 2 is 1.89 bits per heavy atom. The van der Waals surface area contributed by atoms with Crippen molar-refractivity contribution in [2.45, 2.75) is 57.7 Å². The van der Waals surface area contributed by atoms with E-state index in [1.807, 2.05) is 6.08 Å². The van der Waals surface area contributed by atoms with Crippen LogP contribution in [0.2, 0.25) is 0 Å². The molecule has 3 aliphatic carbocycles. The van der Waals surface area contributed by atoms with Crippen molar-refractivity contribution in [3.05, 3.63) is 11.6 Å². The Kier molecular flexibility index (Phi) is 2.87. The third-order valence-corrected chi connectivity index (χ3v) is 5.57. The zero-order valence-electron chi connectivity index (χ0n) is 10.9. The first-order chi connectivity index (χ1) is 8.52. The number of aliphatic hydroxyl groups excluding tert-OH is 2. The lowest BCUT2D eigenvalue weighted by atomic mass is 9.52. The zero-order chi connectivity index (χ0) is 12.9. The van der Waals surface area contributed by atoms with E-state index in [0.29, 0.717) is 12.8 Å². The van der Waals surface area contributed by atoms with Crippen LogP contribution in [0.1, 0.15) is 45.4 Å². The third kappa shape index (κ3) is 1.68. The zero-order valence-corrected chi connectivity index (χ0v) is 10.9. The minimum Gasteiger partial charge on any atom is -0.393 e. The van der Waals surface area contributed by atoms with Gasteiger partial charge in [0.25, 0.3) is 0 Å². The number of rotatable bonds is 0. The highest BCUT2D eigenvalue weighted by atomic mass is 16.3. The fraction of sp³-hybridized carbons (Fsp3) is 0.800. The first-order valence-electron chi connectivity index (χ1n) is 7.12. The molecule has 2 N–H and O–H groups in total. The Labute approximate surface area is 108 Å². The number of allylic oxidation sites excluding steroid dienone is 2. The molecule has 0 amide bonds. The van der Waals surface area contributed by atoms with E-state index in [0.717, 1.165) is 25.7 Å². The molecule has 3 heteroatoms. The molecule has 5 atom stereocenters. The van der Waals surface area contributed by atoms with Crippen LogP contribution >= 0.6 is 0 Å². The molecule has 0 saturated heterocycles. The maximum Gasteiger partial charge on any atom is 0.155 e. The topological polar surface area (TPSA) is 57.5 Å². The quantitative estimate of drug-likeness (QED) is 0.689. The fourth-order valence-electron chi connectivity index (χ4n) is 4.56. The molecular formula is C15H22O3. The first-order valence-corrected chi connectivity index (χ1v) is 7.12. The summed E-state index contributed by atoms with van der Waals surface area (Å²) in [6, 6.07) is 0. The monoisotopic (exact) mass is 250 g/mol. The summed E-state index contributed by atoms with van der Waals surface area (Å²) in [7, 11) is 0. The molecule has 0 aromatic carbocycles. The average molecular weight is 250 g/mol. The van der Waals surface area contributed by atoms with Crippen LogP contribution in [0.4, 0.5) is 0 Å². The molecule has 18 heavy (non-hydrogen) atoms. The van der Waals surface area contributed by atoms with Gasteiger partial charge in [-0.1, -0.05) is 12.5 Å². The second kappa shape index (κ2) is 4.17. The van der Waals surface area contributed by atoms with Gasteiger partial charge in [0, 0.05) is 6.42 Å². The standard InChI is InChI=1S/C15H22O3/c1-15-7-6-10(16)8-9(15)2-3-11-12(17)4-5-13(18)14(11)15/h8,11-14,17-18H,2-7H2,1H3/t11-,12-,13+,14+,15+/m0/s1. The van der Waals surface area contributed by atoms with Crippen LogP contribution in [-0.2, 0) is 4.79 Å². The van der Waals surface area contributed by atoms with Crippen LogP contribution in [0, 0.1) is 17.3 Å². The number of carbonyl (C=O) groups is 1. The molecule has 100 valence electrons. The molecule has 2 fully saturated rings. The summed E-state index contributed by atoms with van der Waals surface area (Å²) in [4.78, 5) is 11.6. The Bertz CT molecular complexity index is 401. The van der Waals surface area contributed by atoms with Gasteiger partial charge in [0.1, 0.15) is 0 Å². The second-order valence-corrected chi connectivity index (χ2v) is 6.49. The van der Waals surface area contributed by atoms with Gasteiger partial charge in [-0.3, -0.25) is 4.79 Å². The highest BCUT2D eigenvalue weighted by Gasteiger charge is 2.53. The smallest absolute Gasteiger partial charge is 0.155 e. The van der Waals surface area contributed by atoms with Crippen molar-refractivity contribution in [2.75, 3.05) is 0 Å². The molecule has 0 aromatic heterocycles. The molecule has 3 rings (SSSR count). The molecule has 0 aromatic rings. The van der Waals surface area contributed by atoms with E-state index in [1.54, 1.807) is 0 Å². The van der Waals surface area contributed by atoms with Crippen LogP contribution in [-0.4, -0.2) is 28.2 Å². The van der Waals surface area contributed by atoms with Crippen molar-refractivity contribution in [2.24, 2.45) is 17.3 Å². The van der Waals surface area contributed by atoms with Gasteiger partial charge in [0.15, 0.2) is 5.78 Å². The van der Waals surface area contributed by atoms with Crippen LogP contribution in [0.15, 0.2) is 11.6 Å². The molecule has 3 aliphatic rings. The minimum atomic E-state index is -0.319. The maximum absolute atomic E-state index is 11.6. The molecule has 0 aliphatic heterocycles. The van der Waals surface area contributed by atoms with Gasteiger partial charge in [-0.25, -0.2) is 0 Å². The SMILES string of the molecule is C[C@@]12CCC(=O)C=C1CC[C@@H]1[C@@H]2[C@H](O)CC[C@@H]1O. The second-order valence-electron chi connectivity index (χ2n) is 6.49. The lowest BCUT2D eigenvalue weighted by molar-refractivity contribution is -0.122. The number of ketones is 1. The van der Waals surface area contributed by atoms with Gasteiger partial charge in [0.2, 0.25) is 0 Å².